The predicted molar refractivity (Wildman–Crippen MR) is 153 cm³/mol. The average molecular weight is 527 g/mol. The van der Waals surface area contributed by atoms with Gasteiger partial charge in [0.1, 0.15) is 5.76 Å². The Morgan fingerprint density at radius 3 is 2.26 bits per heavy atom. The topological polar surface area (TPSA) is 45.5 Å². The highest BCUT2D eigenvalue weighted by Crippen LogP contribution is 2.28. The molecule has 1 N–H and O–H groups in total. The number of rotatable bonds is 10. The number of hydrogen-bond donors (Lipinski definition) is 1. The van der Waals surface area contributed by atoms with E-state index in [-0.39, 0.29) is 11.9 Å². The molecule has 5 heteroatoms. The van der Waals surface area contributed by atoms with E-state index in [9.17, 15) is 4.79 Å². The Bertz CT molecular complexity index is 1300. The lowest BCUT2D eigenvalue weighted by molar-refractivity contribution is 0.0898. The van der Waals surface area contributed by atoms with Crippen molar-refractivity contribution in [3.8, 4) is 0 Å². The molecule has 5 rings (SSSR count). The molecule has 1 aliphatic carbocycles. The summed E-state index contributed by atoms with van der Waals surface area (Å²) in [5.41, 5.74) is 3.36. The largest absolute Gasteiger partial charge is 0.455 e. The van der Waals surface area contributed by atoms with E-state index in [1.165, 1.54) is 37.7 Å². The van der Waals surface area contributed by atoms with Crippen LogP contribution in [0.2, 0.25) is 5.02 Å². The van der Waals surface area contributed by atoms with Gasteiger partial charge in [0.2, 0.25) is 0 Å². The maximum absolute atomic E-state index is 13.3. The summed E-state index contributed by atoms with van der Waals surface area (Å²) in [5.74, 6) is 0.943. The van der Waals surface area contributed by atoms with E-state index >= 15 is 0 Å². The van der Waals surface area contributed by atoms with E-state index in [4.69, 9.17) is 16.0 Å². The van der Waals surface area contributed by atoms with Crippen LogP contribution >= 0.6 is 11.6 Å². The quantitative estimate of drug-likeness (QED) is 0.228. The summed E-state index contributed by atoms with van der Waals surface area (Å²) in [4.78, 5) is 15.8. The molecular formula is C33H35ClN2O2. The predicted octanol–water partition coefficient (Wildman–Crippen LogP) is 7.98. The third-order valence-electron chi connectivity index (χ3n) is 7.46. The number of carbonyl (C=O) groups is 1. The molecular weight excluding hydrogens is 492 g/mol. The van der Waals surface area contributed by atoms with Crippen LogP contribution < -0.4 is 5.32 Å². The molecule has 1 atom stereocenters. The molecule has 196 valence electrons. The number of nitrogens with one attached hydrogen (secondary N) is 1. The highest BCUT2D eigenvalue weighted by molar-refractivity contribution is 6.31. The lowest BCUT2D eigenvalue weighted by Crippen LogP contribution is -2.35. The van der Waals surface area contributed by atoms with Crippen molar-refractivity contribution >= 4 is 17.5 Å². The molecule has 0 aliphatic heterocycles. The summed E-state index contributed by atoms with van der Waals surface area (Å²) >= 11 is 6.51. The Morgan fingerprint density at radius 2 is 1.53 bits per heavy atom. The van der Waals surface area contributed by atoms with Crippen LogP contribution in [0.5, 0.6) is 0 Å². The van der Waals surface area contributed by atoms with E-state index in [0.29, 0.717) is 24.8 Å². The minimum atomic E-state index is -0.198. The summed E-state index contributed by atoms with van der Waals surface area (Å²) in [6.07, 6.45) is 6.85. The molecule has 4 aromatic rings. The van der Waals surface area contributed by atoms with E-state index in [1.54, 1.807) is 6.07 Å². The zero-order valence-electron chi connectivity index (χ0n) is 21.7. The Hall–Kier alpha value is -3.34. The van der Waals surface area contributed by atoms with Crippen molar-refractivity contribution < 1.29 is 9.21 Å². The van der Waals surface area contributed by atoms with Crippen molar-refractivity contribution in [2.24, 2.45) is 0 Å². The molecule has 1 aromatic heterocycles. The zero-order valence-corrected chi connectivity index (χ0v) is 22.4. The molecule has 38 heavy (non-hydrogen) atoms. The van der Waals surface area contributed by atoms with E-state index < -0.39 is 0 Å². The van der Waals surface area contributed by atoms with Gasteiger partial charge in [0.25, 0.3) is 5.91 Å². The molecule has 0 bridgehead atoms. The summed E-state index contributed by atoms with van der Waals surface area (Å²) in [7, 11) is 0. The van der Waals surface area contributed by atoms with Crippen molar-refractivity contribution in [3.63, 3.8) is 0 Å². The third kappa shape index (κ3) is 6.94. The Kier molecular flexibility index (Phi) is 8.95. The molecule has 0 spiro atoms. The Labute approximate surface area is 230 Å². The first kappa shape index (κ1) is 26.3. The lowest BCUT2D eigenvalue weighted by atomic mass is 9.93. The molecule has 1 amide bonds. The first-order valence-corrected chi connectivity index (χ1v) is 14.0. The number of nitrogens with zero attached hydrogens (tertiary/aromatic N) is 1. The van der Waals surface area contributed by atoms with Crippen molar-refractivity contribution in [2.75, 3.05) is 0 Å². The molecule has 1 saturated carbocycles. The van der Waals surface area contributed by atoms with Crippen LogP contribution in [0.4, 0.5) is 0 Å². The van der Waals surface area contributed by atoms with Gasteiger partial charge in [-0.3, -0.25) is 9.69 Å². The monoisotopic (exact) mass is 526 g/mol. The van der Waals surface area contributed by atoms with E-state index in [1.807, 2.05) is 60.7 Å². The Morgan fingerprint density at radius 1 is 0.842 bits per heavy atom. The number of furan rings is 1. The molecule has 1 unspecified atom stereocenters. The van der Waals surface area contributed by atoms with E-state index in [2.05, 4.69) is 40.5 Å². The summed E-state index contributed by atoms with van der Waals surface area (Å²) in [6.45, 7) is 1.41. The van der Waals surface area contributed by atoms with Gasteiger partial charge in [0.15, 0.2) is 5.76 Å². The van der Waals surface area contributed by atoms with Gasteiger partial charge < -0.3 is 9.73 Å². The molecule has 1 aliphatic rings. The first-order valence-electron chi connectivity index (χ1n) is 13.6. The van der Waals surface area contributed by atoms with Gasteiger partial charge in [-0.05, 0) is 54.2 Å². The van der Waals surface area contributed by atoms with Crippen LogP contribution in [-0.2, 0) is 19.5 Å². The fraction of sp³-hybridized carbons (Fsp3) is 0.303. The van der Waals surface area contributed by atoms with Crippen LogP contribution in [0.25, 0.3) is 0 Å². The highest BCUT2D eigenvalue weighted by atomic mass is 35.5. The highest BCUT2D eigenvalue weighted by Gasteiger charge is 2.24. The first-order chi connectivity index (χ1) is 18.7. The second-order valence-electron chi connectivity index (χ2n) is 10.2. The molecule has 1 fully saturated rings. The van der Waals surface area contributed by atoms with Crippen molar-refractivity contribution in [2.45, 2.75) is 63.7 Å². The molecule has 1 heterocycles. The standard InChI is InChI=1S/C33H35ClN2O2/c34-30-19-11-10-16-27(30)23-36(28-17-8-3-9-18-28)24-29-20-21-32(38-29)33(37)35-31(26-14-6-2-7-15-26)22-25-12-4-1-5-13-25/h1-2,4-7,10-16,19-21,28,31H,3,8-9,17-18,22-24H2,(H,35,37). The molecule has 4 nitrogen and oxygen atoms in total. The van der Waals surface area contributed by atoms with Crippen molar-refractivity contribution in [3.05, 3.63) is 130 Å². The molecule has 0 saturated heterocycles. The number of carbonyl (C=O) groups excluding carboxylic acids is 1. The summed E-state index contributed by atoms with van der Waals surface area (Å²) < 4.78 is 6.13. The zero-order chi connectivity index (χ0) is 26.2. The van der Waals surface area contributed by atoms with Crippen molar-refractivity contribution in [1.29, 1.82) is 0 Å². The maximum atomic E-state index is 13.3. The SMILES string of the molecule is O=C(NC(Cc1ccccc1)c1ccccc1)c1ccc(CN(Cc2ccccc2Cl)C2CCCCC2)o1. The summed E-state index contributed by atoms with van der Waals surface area (Å²) in [6, 6.07) is 32.4. The van der Waals surface area contributed by atoms with Crippen LogP contribution in [0, 0.1) is 0 Å². The van der Waals surface area contributed by atoms with Gasteiger partial charge in [-0.2, -0.15) is 0 Å². The minimum absolute atomic E-state index is 0.154. The van der Waals surface area contributed by atoms with Crippen molar-refractivity contribution in [1.82, 2.24) is 10.2 Å². The second-order valence-corrected chi connectivity index (χ2v) is 10.6. The fourth-order valence-electron chi connectivity index (χ4n) is 5.41. The van der Waals surface area contributed by atoms with E-state index in [0.717, 1.165) is 28.5 Å². The lowest BCUT2D eigenvalue weighted by Gasteiger charge is -2.34. The van der Waals surface area contributed by atoms with Crippen LogP contribution in [0.15, 0.2) is 101 Å². The van der Waals surface area contributed by atoms with Gasteiger partial charge in [0.05, 0.1) is 12.6 Å². The number of amides is 1. The smallest absolute Gasteiger partial charge is 0.287 e. The number of hydrogen-bond acceptors (Lipinski definition) is 3. The van der Waals surface area contributed by atoms with Gasteiger partial charge in [-0.15, -0.1) is 0 Å². The average Bonchev–Trinajstić information content (AvgIpc) is 3.44. The third-order valence-corrected chi connectivity index (χ3v) is 7.83. The minimum Gasteiger partial charge on any atom is -0.455 e. The fourth-order valence-corrected chi connectivity index (χ4v) is 5.60. The van der Waals surface area contributed by atoms with Gasteiger partial charge in [-0.1, -0.05) is 110 Å². The number of benzene rings is 3. The normalized spacial score (nSPS) is 14.9. The Balaban J connectivity index is 1.30. The van der Waals surface area contributed by atoms with Crippen LogP contribution in [-0.4, -0.2) is 16.8 Å². The maximum Gasteiger partial charge on any atom is 0.287 e. The molecule has 0 radical (unpaired) electrons. The van der Waals surface area contributed by atoms with Crippen LogP contribution in [0.1, 0.15) is 71.2 Å². The summed E-state index contributed by atoms with van der Waals surface area (Å²) in [5, 5.41) is 4.00. The number of halogens is 1. The van der Waals surface area contributed by atoms with Gasteiger partial charge in [0, 0.05) is 17.6 Å². The van der Waals surface area contributed by atoms with Gasteiger partial charge >= 0.3 is 0 Å². The van der Waals surface area contributed by atoms with Gasteiger partial charge in [-0.25, -0.2) is 0 Å². The van der Waals surface area contributed by atoms with Crippen LogP contribution in [0.3, 0.4) is 0 Å². The second kappa shape index (κ2) is 12.9. The molecule has 3 aromatic carbocycles.